The first-order valence-electron chi connectivity index (χ1n) is 41.5. The van der Waals surface area contributed by atoms with Gasteiger partial charge in [-0.2, -0.15) is 0 Å². The Kier molecular flexibility index (Phi) is 22.2. The predicted octanol–water partition coefficient (Wildman–Crippen LogP) is 23.8. The van der Waals surface area contributed by atoms with E-state index in [2.05, 4.69) is 0 Å². The Morgan fingerprint density at radius 1 is 0.178 bits per heavy atom. The molecule has 3 aliphatic rings. The van der Waals surface area contributed by atoms with Crippen LogP contribution in [0.5, 0.6) is 69.0 Å². The number of methoxy groups -OCH3 is 6. The van der Waals surface area contributed by atoms with E-state index < -0.39 is 35.8 Å². The summed E-state index contributed by atoms with van der Waals surface area (Å²) in [6, 6.07) is 97.5. The molecule has 0 saturated carbocycles. The van der Waals surface area contributed by atoms with Crippen molar-refractivity contribution in [2.75, 3.05) is 42.7 Å². The molecular weight excluding hydrogens is 1620 g/mol. The highest BCUT2D eigenvalue weighted by atomic mass is 16.6. The molecule has 16 aromatic carbocycles. The summed E-state index contributed by atoms with van der Waals surface area (Å²) in [6.07, 6.45) is 0.617. The topological polar surface area (TPSA) is 213 Å². The van der Waals surface area contributed by atoms with Crippen molar-refractivity contribution in [3.8, 4) is 169 Å². The summed E-state index contributed by atoms with van der Waals surface area (Å²) in [5.41, 5.74) is 20.0. The van der Waals surface area contributed by atoms with Crippen LogP contribution >= 0.6 is 0 Å². The number of carbonyl (C=O) groups is 6. The lowest BCUT2D eigenvalue weighted by atomic mass is 9.86. The van der Waals surface area contributed by atoms with Gasteiger partial charge in [0, 0.05) is 0 Å². The molecule has 18 heteroatoms. The fraction of sp³-hybridized carbons (Fsp3) is 0.0811. The smallest absolute Gasteiger partial charge is 0.343 e. The molecule has 0 amide bonds. The van der Waals surface area contributed by atoms with E-state index in [0.29, 0.717) is 67.9 Å². The fourth-order valence-corrected chi connectivity index (χ4v) is 16.9. The molecule has 19 rings (SSSR count). The van der Waals surface area contributed by atoms with E-state index in [1.807, 2.05) is 218 Å². The van der Waals surface area contributed by atoms with Gasteiger partial charge in [0.25, 0.3) is 0 Å². The second-order valence-corrected chi connectivity index (χ2v) is 31.1. The summed E-state index contributed by atoms with van der Waals surface area (Å²) in [6.45, 7) is 0. The molecule has 0 radical (unpaired) electrons. The monoisotopic (exact) mass is 1700 g/mol. The third-order valence-corrected chi connectivity index (χ3v) is 23.7. The van der Waals surface area contributed by atoms with Crippen LogP contribution in [0.3, 0.4) is 0 Å². The number of ether oxygens (including phenoxy) is 12. The molecule has 0 saturated heterocycles. The SMILES string of the molecule is COc1ccc(-c2ccc(C(=O)Oc3cc4c(cc3OC(=O)c3ccc(-c5ccc(OC)cc5)cc3)-c3c(c5c(c6c3Cc3cc(OC(=O)c7ccc(-c8ccc(OC)cc8)cc7)c(OC(=O)c7ccc(-c8ccc(OC)cc8)cc7)cc3-6)Cc3cc(OC(=O)c6ccc(-c7ccc(OC)cc7)cc6)c(OC(=O)c6ccc(-c7ccc(OC)cc7)cc6)cc3-5)C4)cc2)cc1. The summed E-state index contributed by atoms with van der Waals surface area (Å²) >= 11 is 0. The second kappa shape index (κ2) is 35.0. The van der Waals surface area contributed by atoms with Gasteiger partial charge in [0.2, 0.25) is 0 Å². The van der Waals surface area contributed by atoms with Gasteiger partial charge in [-0.25, -0.2) is 28.8 Å². The highest BCUT2D eigenvalue weighted by Crippen LogP contribution is 2.60. The Bertz CT molecular complexity index is 6370. The van der Waals surface area contributed by atoms with E-state index in [1.54, 1.807) is 152 Å². The first kappa shape index (κ1) is 81.8. The minimum Gasteiger partial charge on any atom is -0.497 e. The fourth-order valence-electron chi connectivity index (χ4n) is 16.9. The molecule has 0 spiro atoms. The van der Waals surface area contributed by atoms with Crippen molar-refractivity contribution in [3.63, 3.8) is 0 Å². The van der Waals surface area contributed by atoms with Crippen LogP contribution in [0.1, 0.15) is 95.5 Å². The van der Waals surface area contributed by atoms with Gasteiger partial charge in [-0.1, -0.05) is 146 Å². The zero-order valence-electron chi connectivity index (χ0n) is 70.6. The molecule has 0 aromatic heterocycles. The number of hydrogen-bond acceptors (Lipinski definition) is 18. The summed E-state index contributed by atoms with van der Waals surface area (Å²) < 4.78 is 71.6. The number of carbonyl (C=O) groups excluding carboxylic acids is 6. The summed E-state index contributed by atoms with van der Waals surface area (Å²) in [7, 11) is 9.60. The molecule has 0 unspecified atom stereocenters. The van der Waals surface area contributed by atoms with Gasteiger partial charge in [-0.15, -0.1) is 0 Å². The second-order valence-electron chi connectivity index (χ2n) is 31.1. The quantitative estimate of drug-likeness (QED) is 0.0406. The van der Waals surface area contributed by atoms with Gasteiger partial charge in [-0.3, -0.25) is 0 Å². The van der Waals surface area contributed by atoms with Gasteiger partial charge >= 0.3 is 35.8 Å². The molecule has 0 bridgehead atoms. The van der Waals surface area contributed by atoms with E-state index in [1.165, 1.54) is 0 Å². The Morgan fingerprint density at radius 3 is 0.450 bits per heavy atom. The molecule has 0 heterocycles. The van der Waals surface area contributed by atoms with Crippen LogP contribution in [0.15, 0.2) is 328 Å². The zero-order chi connectivity index (χ0) is 88.5. The summed E-state index contributed by atoms with van der Waals surface area (Å²) in [5, 5.41) is 0. The van der Waals surface area contributed by atoms with E-state index in [-0.39, 0.29) is 87.1 Å². The van der Waals surface area contributed by atoms with Gasteiger partial charge in [0.1, 0.15) is 34.5 Å². The van der Waals surface area contributed by atoms with Crippen molar-refractivity contribution in [3.05, 3.63) is 394 Å². The highest BCUT2D eigenvalue weighted by Gasteiger charge is 2.41. The number of rotatable bonds is 24. The zero-order valence-corrected chi connectivity index (χ0v) is 70.6. The lowest BCUT2D eigenvalue weighted by molar-refractivity contribution is 0.0682. The Labute approximate surface area is 742 Å². The average molecular weight is 1700 g/mol. The lowest BCUT2D eigenvalue weighted by Crippen LogP contribution is -2.13. The third-order valence-electron chi connectivity index (χ3n) is 23.7. The normalized spacial score (nSPS) is 11.6. The average Bonchev–Trinajstić information content (AvgIpc) is 1.53. The van der Waals surface area contributed by atoms with Gasteiger partial charge in [0.15, 0.2) is 34.5 Å². The molecular formula is C111H78O18. The predicted molar refractivity (Wildman–Crippen MR) is 491 cm³/mol. The van der Waals surface area contributed by atoms with Crippen molar-refractivity contribution in [1.29, 1.82) is 0 Å². The van der Waals surface area contributed by atoms with Gasteiger partial charge in [-0.05, 0) is 335 Å². The molecule has 16 aromatic rings. The van der Waals surface area contributed by atoms with Gasteiger partial charge < -0.3 is 56.8 Å². The van der Waals surface area contributed by atoms with Crippen LogP contribution in [0.25, 0.3) is 100 Å². The molecule has 0 fully saturated rings. The number of fused-ring (bicyclic) bond motifs is 12. The van der Waals surface area contributed by atoms with Crippen molar-refractivity contribution in [2.45, 2.75) is 19.3 Å². The minimum atomic E-state index is -0.751. The molecule has 630 valence electrons. The molecule has 129 heavy (non-hydrogen) atoms. The summed E-state index contributed by atoms with van der Waals surface area (Å²) in [4.78, 5) is 89.8. The minimum absolute atomic E-state index is 0.0531. The summed E-state index contributed by atoms with van der Waals surface area (Å²) in [5.74, 6) is -0.723. The van der Waals surface area contributed by atoms with Crippen LogP contribution in [-0.4, -0.2) is 78.5 Å². The molecule has 0 N–H and O–H groups in total. The number of hydrogen-bond donors (Lipinski definition) is 0. The van der Waals surface area contributed by atoms with Crippen LogP contribution in [0.2, 0.25) is 0 Å². The van der Waals surface area contributed by atoms with Crippen LogP contribution in [0, 0.1) is 0 Å². The van der Waals surface area contributed by atoms with E-state index in [0.717, 1.165) is 100 Å². The van der Waals surface area contributed by atoms with E-state index in [4.69, 9.17) is 56.8 Å². The first-order valence-corrected chi connectivity index (χ1v) is 41.5. The molecule has 0 aliphatic heterocycles. The van der Waals surface area contributed by atoms with Crippen molar-refractivity contribution < 1.29 is 85.6 Å². The number of esters is 6. The van der Waals surface area contributed by atoms with Crippen LogP contribution in [0.4, 0.5) is 0 Å². The first-order chi connectivity index (χ1) is 63.0. The van der Waals surface area contributed by atoms with Gasteiger partial charge in [0.05, 0.1) is 76.0 Å². The molecule has 3 aliphatic carbocycles. The lowest BCUT2D eigenvalue weighted by Gasteiger charge is -2.18. The van der Waals surface area contributed by atoms with Crippen molar-refractivity contribution in [1.82, 2.24) is 0 Å². The maximum atomic E-state index is 15.0. The van der Waals surface area contributed by atoms with Crippen LogP contribution in [-0.2, 0) is 19.3 Å². The Morgan fingerprint density at radius 2 is 0.310 bits per heavy atom. The molecule has 0 atom stereocenters. The maximum Gasteiger partial charge on any atom is 0.343 e. The maximum absolute atomic E-state index is 15.0. The van der Waals surface area contributed by atoms with Crippen molar-refractivity contribution in [2.24, 2.45) is 0 Å². The van der Waals surface area contributed by atoms with E-state index in [9.17, 15) is 14.4 Å². The largest absolute Gasteiger partial charge is 0.497 e. The van der Waals surface area contributed by atoms with Crippen molar-refractivity contribution >= 4 is 35.8 Å². The Hall–Kier alpha value is -16.9. The molecule has 18 nitrogen and oxygen atoms in total. The standard InChI is InChI=1S/C111H78O18/c1-118-85-43-31-70(32-44-85)64-7-19-76(20-8-64)106(112)124-97-58-82-55-94-103(91(82)61-100(97)127-109(115)79-25-13-67(14-26-79)73-37-49-88(121-4)50-38-73)95-56-83-59-98(125-107(113)77-21-9-65(10-22-77)71-33-45-86(119-2)46-34-71)102(129-111(117)81-29-17-69(18-30-81)75-41-53-90(123-6)54-42-75)63-93(83)105(95)96-57-84-60-99(126-108(114)78-23-11-66(12-24-78)72-35-47-87(120-3)48-36-72)101(62-92(84)104(94)96)128-110(116)80-27-15-68(16-28-80)74-39-51-89(122-5)52-40-74/h7-54,58-63H,55-57H2,1-6H3. The Balaban J connectivity index is 0.762. The third kappa shape index (κ3) is 16.5. The van der Waals surface area contributed by atoms with E-state index >= 15 is 14.4 Å². The number of benzene rings is 16. The highest BCUT2D eigenvalue weighted by molar-refractivity contribution is 6.05. The van der Waals surface area contributed by atoms with Crippen LogP contribution < -0.4 is 56.8 Å².